The van der Waals surface area contributed by atoms with Crippen molar-refractivity contribution in [2.75, 3.05) is 34.0 Å². The number of ether oxygens (including phenoxy) is 1. The molecule has 2 rings (SSSR count). The molecule has 0 N–H and O–H groups in total. The summed E-state index contributed by atoms with van der Waals surface area (Å²) in [4.78, 5) is 25.6. The summed E-state index contributed by atoms with van der Waals surface area (Å²) in [6, 6.07) is -0.510. The van der Waals surface area contributed by atoms with Gasteiger partial charge in [-0.25, -0.2) is 4.79 Å². The van der Waals surface area contributed by atoms with Crippen molar-refractivity contribution < 1.29 is 27.9 Å². The number of esters is 1. The van der Waals surface area contributed by atoms with Crippen molar-refractivity contribution >= 4 is 19.5 Å². The lowest BCUT2D eigenvalue weighted by atomic mass is 9.69. The summed E-state index contributed by atoms with van der Waals surface area (Å²) in [6.07, 6.45) is 3.79. The molecule has 2 aliphatic rings. The first-order valence-corrected chi connectivity index (χ1v) is 10.1. The highest BCUT2D eigenvalue weighted by molar-refractivity contribution is 7.53. The van der Waals surface area contributed by atoms with E-state index in [1.54, 1.807) is 4.90 Å². The Morgan fingerprint density at radius 1 is 1.08 bits per heavy atom. The highest BCUT2D eigenvalue weighted by Gasteiger charge is 2.44. The standard InChI is InChI=1S/C16H28NO6P/c1-11(18)17-9-13-6-5-12(10-24(20,22-3)23-4)7-14(13)8-15(17)16(19)21-2/h12-15H,5-10H2,1-4H3/t12-,13-,14+,15-/m0/s1. The van der Waals surface area contributed by atoms with Gasteiger partial charge in [0.25, 0.3) is 0 Å². The van der Waals surface area contributed by atoms with Gasteiger partial charge in [0.05, 0.1) is 13.3 Å². The molecule has 0 aromatic heterocycles. The van der Waals surface area contributed by atoms with E-state index in [1.807, 2.05) is 0 Å². The van der Waals surface area contributed by atoms with Crippen molar-refractivity contribution in [3.05, 3.63) is 0 Å². The smallest absolute Gasteiger partial charge is 0.330 e. The van der Waals surface area contributed by atoms with Gasteiger partial charge in [-0.15, -0.1) is 0 Å². The minimum absolute atomic E-state index is 0.0887. The molecule has 0 aromatic rings. The minimum Gasteiger partial charge on any atom is -0.467 e. The van der Waals surface area contributed by atoms with Gasteiger partial charge in [0.1, 0.15) is 6.04 Å². The lowest BCUT2D eigenvalue weighted by molar-refractivity contribution is -0.157. The number of amides is 1. The Hall–Kier alpha value is -0.910. The van der Waals surface area contributed by atoms with Crippen molar-refractivity contribution in [3.8, 4) is 0 Å². The number of nitrogens with zero attached hydrogens (tertiary/aromatic N) is 1. The molecule has 1 aliphatic carbocycles. The number of carbonyl (C=O) groups is 2. The van der Waals surface area contributed by atoms with Crippen molar-refractivity contribution in [2.45, 2.75) is 38.6 Å². The van der Waals surface area contributed by atoms with Crippen molar-refractivity contribution in [1.82, 2.24) is 4.90 Å². The maximum Gasteiger partial charge on any atom is 0.330 e. The molecule has 4 atom stereocenters. The number of methoxy groups -OCH3 is 1. The Morgan fingerprint density at radius 3 is 2.29 bits per heavy atom. The maximum absolute atomic E-state index is 12.4. The second-order valence-electron chi connectivity index (χ2n) is 6.80. The van der Waals surface area contributed by atoms with E-state index >= 15 is 0 Å². The van der Waals surface area contributed by atoms with Crippen LogP contribution >= 0.6 is 7.60 Å². The van der Waals surface area contributed by atoms with E-state index in [1.165, 1.54) is 28.3 Å². The van der Waals surface area contributed by atoms with Gasteiger partial charge in [-0.1, -0.05) is 0 Å². The second kappa shape index (κ2) is 7.98. The quantitative estimate of drug-likeness (QED) is 0.552. The van der Waals surface area contributed by atoms with Crippen molar-refractivity contribution in [3.63, 3.8) is 0 Å². The molecule has 0 radical (unpaired) electrons. The summed E-state index contributed by atoms with van der Waals surface area (Å²) >= 11 is 0. The number of piperidine rings is 1. The molecule has 138 valence electrons. The number of carbonyl (C=O) groups excluding carboxylic acids is 2. The Morgan fingerprint density at radius 2 is 1.75 bits per heavy atom. The van der Waals surface area contributed by atoms with Gasteiger partial charge < -0.3 is 18.7 Å². The average Bonchev–Trinajstić information content (AvgIpc) is 2.59. The number of hydrogen-bond acceptors (Lipinski definition) is 6. The van der Waals surface area contributed by atoms with Crippen LogP contribution in [-0.2, 0) is 27.9 Å². The van der Waals surface area contributed by atoms with E-state index in [4.69, 9.17) is 13.8 Å². The lowest BCUT2D eigenvalue weighted by Crippen LogP contribution is -2.54. The van der Waals surface area contributed by atoms with Crippen molar-refractivity contribution in [1.29, 1.82) is 0 Å². The third-order valence-corrected chi connectivity index (χ3v) is 7.57. The van der Waals surface area contributed by atoms with Crippen LogP contribution < -0.4 is 0 Å². The minimum atomic E-state index is -3.02. The Bertz CT molecular complexity index is 517. The zero-order valence-corrected chi connectivity index (χ0v) is 15.8. The molecule has 0 spiro atoms. The Labute approximate surface area is 143 Å². The number of fused-ring (bicyclic) bond motifs is 1. The highest BCUT2D eigenvalue weighted by Crippen LogP contribution is 2.52. The van der Waals surface area contributed by atoms with Gasteiger partial charge in [-0.2, -0.15) is 0 Å². The summed E-state index contributed by atoms with van der Waals surface area (Å²) in [5.74, 6) is 0.514. The fraction of sp³-hybridized carbons (Fsp3) is 0.875. The molecule has 1 saturated heterocycles. The van der Waals surface area contributed by atoms with Crippen LogP contribution in [0.1, 0.15) is 32.6 Å². The van der Waals surface area contributed by atoms with Gasteiger partial charge in [0, 0.05) is 27.7 Å². The first kappa shape index (κ1) is 19.4. The monoisotopic (exact) mass is 361 g/mol. The second-order valence-corrected chi connectivity index (χ2v) is 9.12. The molecule has 7 nitrogen and oxygen atoms in total. The molecule has 1 aliphatic heterocycles. The predicted octanol–water partition coefficient (Wildman–Crippen LogP) is 2.30. The average molecular weight is 361 g/mol. The zero-order valence-electron chi connectivity index (χ0n) is 14.9. The fourth-order valence-corrected chi connectivity index (χ4v) is 5.57. The predicted molar refractivity (Wildman–Crippen MR) is 88.6 cm³/mol. The van der Waals surface area contributed by atoms with E-state index in [-0.39, 0.29) is 17.8 Å². The summed E-state index contributed by atoms with van der Waals surface area (Å²) in [5, 5.41) is 0. The normalized spacial score (nSPS) is 30.6. The van der Waals surface area contributed by atoms with E-state index in [9.17, 15) is 14.2 Å². The first-order chi connectivity index (χ1) is 11.3. The third kappa shape index (κ3) is 4.19. The van der Waals surface area contributed by atoms with Gasteiger partial charge >= 0.3 is 13.6 Å². The number of rotatable bonds is 5. The van der Waals surface area contributed by atoms with E-state index in [0.717, 1.165) is 19.3 Å². The maximum atomic E-state index is 12.4. The van der Waals surface area contributed by atoms with Crippen LogP contribution in [0.15, 0.2) is 0 Å². The number of likely N-dealkylation sites (tertiary alicyclic amines) is 1. The molecule has 8 heteroatoms. The van der Waals surface area contributed by atoms with Crippen LogP contribution in [0.25, 0.3) is 0 Å². The topological polar surface area (TPSA) is 82.1 Å². The largest absolute Gasteiger partial charge is 0.467 e. The molecular formula is C16H28NO6P. The van der Waals surface area contributed by atoms with Gasteiger partial charge in [-0.3, -0.25) is 9.36 Å². The molecule has 1 heterocycles. The molecule has 0 aromatic carbocycles. The molecule has 24 heavy (non-hydrogen) atoms. The van der Waals surface area contributed by atoms with Gasteiger partial charge in [0.2, 0.25) is 5.91 Å². The summed E-state index contributed by atoms with van der Waals surface area (Å²) < 4.78 is 27.4. The van der Waals surface area contributed by atoms with E-state index in [2.05, 4.69) is 0 Å². The third-order valence-electron chi connectivity index (χ3n) is 5.50. The van der Waals surface area contributed by atoms with Gasteiger partial charge in [0.15, 0.2) is 0 Å². The van der Waals surface area contributed by atoms with Crippen molar-refractivity contribution in [2.24, 2.45) is 17.8 Å². The number of hydrogen-bond donors (Lipinski definition) is 0. The molecular weight excluding hydrogens is 333 g/mol. The first-order valence-electron chi connectivity index (χ1n) is 8.39. The van der Waals surface area contributed by atoms with Crippen LogP contribution in [0, 0.1) is 17.8 Å². The van der Waals surface area contributed by atoms with Crippen LogP contribution in [0.2, 0.25) is 0 Å². The van der Waals surface area contributed by atoms with Crippen LogP contribution in [0.5, 0.6) is 0 Å². The fourth-order valence-electron chi connectivity index (χ4n) is 4.16. The molecule has 1 saturated carbocycles. The summed E-state index contributed by atoms with van der Waals surface area (Å²) in [6.45, 7) is 2.09. The van der Waals surface area contributed by atoms with E-state index in [0.29, 0.717) is 31.0 Å². The molecule has 2 fully saturated rings. The summed E-state index contributed by atoms with van der Waals surface area (Å²) in [5.41, 5.74) is 0. The zero-order chi connectivity index (χ0) is 17.9. The lowest BCUT2D eigenvalue weighted by Gasteiger charge is -2.46. The Balaban J connectivity index is 2.07. The molecule has 0 bridgehead atoms. The van der Waals surface area contributed by atoms with E-state index < -0.39 is 13.6 Å². The molecule has 1 amide bonds. The molecule has 0 unspecified atom stereocenters. The highest BCUT2D eigenvalue weighted by atomic mass is 31.2. The summed E-state index contributed by atoms with van der Waals surface area (Å²) in [7, 11) is 1.15. The van der Waals surface area contributed by atoms with Crippen LogP contribution in [0.3, 0.4) is 0 Å². The van der Waals surface area contributed by atoms with Crippen LogP contribution in [-0.4, -0.2) is 56.9 Å². The van der Waals surface area contributed by atoms with Gasteiger partial charge in [-0.05, 0) is 43.4 Å². The SMILES string of the molecule is COC(=O)[C@@H]1C[C@H]2C[C@@H](CP(=O)(OC)OC)CC[C@H]2CN1C(C)=O. The Kier molecular flexibility index (Phi) is 6.46. The van der Waals surface area contributed by atoms with Crippen LogP contribution in [0.4, 0.5) is 0 Å².